The summed E-state index contributed by atoms with van der Waals surface area (Å²) in [5.74, 6) is 0.341. The standard InChI is InChI=1S/C25H50O/c1-3-5-7-9-11-13-15-17-19-21-23-25(24-26)22-20-18-16-14-12-10-8-6-4-2/h24-25H,3-23H2,1-2H3. The third kappa shape index (κ3) is 20.0. The lowest BCUT2D eigenvalue weighted by Crippen LogP contribution is -2.02. The molecule has 0 saturated heterocycles. The normalized spacial score (nSPS) is 12.4. The smallest absolute Gasteiger partial charge is 0.123 e. The van der Waals surface area contributed by atoms with Crippen LogP contribution in [0, 0.1) is 5.92 Å². The number of hydrogen-bond acceptors (Lipinski definition) is 1. The van der Waals surface area contributed by atoms with Gasteiger partial charge in [-0.2, -0.15) is 0 Å². The first kappa shape index (κ1) is 25.7. The summed E-state index contributed by atoms with van der Waals surface area (Å²) < 4.78 is 0. The van der Waals surface area contributed by atoms with Crippen molar-refractivity contribution in [2.24, 2.45) is 5.92 Å². The monoisotopic (exact) mass is 366 g/mol. The molecule has 0 aliphatic carbocycles. The van der Waals surface area contributed by atoms with Gasteiger partial charge in [0, 0.05) is 5.92 Å². The summed E-state index contributed by atoms with van der Waals surface area (Å²) in [5, 5.41) is 0. The molecule has 0 saturated carbocycles. The largest absolute Gasteiger partial charge is 0.303 e. The number of carbonyl (C=O) groups excluding carboxylic acids is 1. The van der Waals surface area contributed by atoms with Gasteiger partial charge in [-0.05, 0) is 12.8 Å². The maximum atomic E-state index is 11.3. The fourth-order valence-electron chi connectivity index (χ4n) is 3.89. The topological polar surface area (TPSA) is 17.1 Å². The van der Waals surface area contributed by atoms with Crippen LogP contribution in [0.4, 0.5) is 0 Å². The lowest BCUT2D eigenvalue weighted by atomic mass is 9.95. The molecule has 26 heavy (non-hydrogen) atoms. The first-order chi connectivity index (χ1) is 12.8. The van der Waals surface area contributed by atoms with Crippen LogP contribution in [-0.4, -0.2) is 6.29 Å². The van der Waals surface area contributed by atoms with Gasteiger partial charge in [-0.1, -0.05) is 136 Å². The van der Waals surface area contributed by atoms with E-state index in [0.717, 1.165) is 12.8 Å². The molecular formula is C25H50O. The summed E-state index contributed by atoms with van der Waals surface area (Å²) in [6.45, 7) is 4.56. The number of aldehydes is 1. The molecule has 0 amide bonds. The third-order valence-corrected chi connectivity index (χ3v) is 5.80. The molecule has 0 N–H and O–H groups in total. The Morgan fingerprint density at radius 2 is 0.731 bits per heavy atom. The lowest BCUT2D eigenvalue weighted by molar-refractivity contribution is -0.111. The van der Waals surface area contributed by atoms with E-state index in [2.05, 4.69) is 13.8 Å². The maximum Gasteiger partial charge on any atom is 0.123 e. The second-order valence-corrected chi connectivity index (χ2v) is 8.48. The minimum Gasteiger partial charge on any atom is -0.303 e. The molecule has 0 fully saturated rings. The molecule has 1 nitrogen and oxygen atoms in total. The molecule has 1 unspecified atom stereocenters. The lowest BCUT2D eigenvalue weighted by Gasteiger charge is -2.10. The van der Waals surface area contributed by atoms with Gasteiger partial charge < -0.3 is 4.79 Å². The average Bonchev–Trinajstić information content (AvgIpc) is 2.66. The van der Waals surface area contributed by atoms with Crippen molar-refractivity contribution in [3.8, 4) is 0 Å². The van der Waals surface area contributed by atoms with Gasteiger partial charge in [0.25, 0.3) is 0 Å². The van der Waals surface area contributed by atoms with Crippen LogP contribution in [0.2, 0.25) is 0 Å². The van der Waals surface area contributed by atoms with E-state index < -0.39 is 0 Å². The van der Waals surface area contributed by atoms with Gasteiger partial charge in [-0.25, -0.2) is 0 Å². The fourth-order valence-corrected chi connectivity index (χ4v) is 3.89. The van der Waals surface area contributed by atoms with Gasteiger partial charge in [0.15, 0.2) is 0 Å². The SMILES string of the molecule is CCCCCCCCCCCCC(C=O)CCCCCCCCCCC. The summed E-state index contributed by atoms with van der Waals surface area (Å²) in [5.41, 5.74) is 0. The Bertz CT molecular complexity index is 261. The van der Waals surface area contributed by atoms with Crippen molar-refractivity contribution in [3.05, 3.63) is 0 Å². The van der Waals surface area contributed by atoms with Crippen LogP contribution in [0.3, 0.4) is 0 Å². The van der Waals surface area contributed by atoms with E-state index in [0.29, 0.717) is 5.92 Å². The van der Waals surface area contributed by atoms with E-state index in [-0.39, 0.29) is 0 Å². The molecular weight excluding hydrogens is 316 g/mol. The second-order valence-electron chi connectivity index (χ2n) is 8.48. The first-order valence-corrected chi connectivity index (χ1v) is 12.3. The molecule has 0 spiro atoms. The second kappa shape index (κ2) is 22.7. The highest BCUT2D eigenvalue weighted by Crippen LogP contribution is 2.18. The quantitative estimate of drug-likeness (QED) is 0.138. The Labute approximate surface area is 166 Å². The Morgan fingerprint density at radius 3 is 1.00 bits per heavy atom. The van der Waals surface area contributed by atoms with Gasteiger partial charge in [-0.3, -0.25) is 0 Å². The maximum absolute atomic E-state index is 11.3. The Balaban J connectivity index is 3.29. The molecule has 0 radical (unpaired) electrons. The number of rotatable bonds is 22. The van der Waals surface area contributed by atoms with Crippen molar-refractivity contribution in [2.45, 2.75) is 149 Å². The molecule has 156 valence electrons. The van der Waals surface area contributed by atoms with Crippen LogP contribution in [-0.2, 0) is 4.79 Å². The van der Waals surface area contributed by atoms with Crippen molar-refractivity contribution in [1.29, 1.82) is 0 Å². The van der Waals surface area contributed by atoms with Crippen LogP contribution in [0.1, 0.15) is 149 Å². The number of unbranched alkanes of at least 4 members (excludes halogenated alkanes) is 17. The summed E-state index contributed by atoms with van der Waals surface area (Å²) in [7, 11) is 0. The molecule has 1 atom stereocenters. The van der Waals surface area contributed by atoms with Gasteiger partial charge in [-0.15, -0.1) is 0 Å². The van der Waals surface area contributed by atoms with Crippen molar-refractivity contribution >= 4 is 6.29 Å². The van der Waals surface area contributed by atoms with Crippen molar-refractivity contribution < 1.29 is 4.79 Å². The molecule has 0 aromatic rings. The molecule has 0 aliphatic rings. The zero-order valence-corrected chi connectivity index (χ0v) is 18.4. The predicted molar refractivity (Wildman–Crippen MR) is 118 cm³/mol. The highest BCUT2D eigenvalue weighted by Gasteiger charge is 2.06. The average molecular weight is 367 g/mol. The first-order valence-electron chi connectivity index (χ1n) is 12.3. The summed E-state index contributed by atoms with van der Waals surface area (Å²) >= 11 is 0. The van der Waals surface area contributed by atoms with Crippen LogP contribution in [0.15, 0.2) is 0 Å². The minimum atomic E-state index is 0.341. The van der Waals surface area contributed by atoms with Crippen LogP contribution >= 0.6 is 0 Å². The van der Waals surface area contributed by atoms with Gasteiger partial charge in [0.2, 0.25) is 0 Å². The fraction of sp³-hybridized carbons (Fsp3) is 0.960. The predicted octanol–water partition coefficient (Wildman–Crippen LogP) is 9.03. The van der Waals surface area contributed by atoms with Crippen LogP contribution in [0.25, 0.3) is 0 Å². The number of carbonyl (C=O) groups is 1. The Morgan fingerprint density at radius 1 is 0.462 bits per heavy atom. The van der Waals surface area contributed by atoms with E-state index in [4.69, 9.17) is 0 Å². The minimum absolute atomic E-state index is 0.341. The molecule has 0 bridgehead atoms. The van der Waals surface area contributed by atoms with E-state index >= 15 is 0 Å². The third-order valence-electron chi connectivity index (χ3n) is 5.80. The van der Waals surface area contributed by atoms with Crippen molar-refractivity contribution in [2.75, 3.05) is 0 Å². The van der Waals surface area contributed by atoms with Crippen LogP contribution in [0.5, 0.6) is 0 Å². The number of hydrogen-bond donors (Lipinski definition) is 0. The molecule has 1 heteroatoms. The van der Waals surface area contributed by atoms with E-state index in [1.807, 2.05) is 0 Å². The van der Waals surface area contributed by atoms with Gasteiger partial charge in [0.1, 0.15) is 6.29 Å². The van der Waals surface area contributed by atoms with Gasteiger partial charge >= 0.3 is 0 Å². The van der Waals surface area contributed by atoms with E-state index in [9.17, 15) is 4.79 Å². The molecule has 0 heterocycles. The van der Waals surface area contributed by atoms with E-state index in [1.165, 1.54) is 128 Å². The van der Waals surface area contributed by atoms with Crippen molar-refractivity contribution in [1.82, 2.24) is 0 Å². The van der Waals surface area contributed by atoms with E-state index in [1.54, 1.807) is 0 Å². The molecule has 0 aromatic heterocycles. The summed E-state index contributed by atoms with van der Waals surface area (Å²) in [6.07, 6.45) is 29.7. The Kier molecular flexibility index (Phi) is 22.4. The molecule has 0 aliphatic heterocycles. The highest BCUT2D eigenvalue weighted by atomic mass is 16.1. The van der Waals surface area contributed by atoms with Crippen molar-refractivity contribution in [3.63, 3.8) is 0 Å². The zero-order valence-electron chi connectivity index (χ0n) is 18.4. The Hall–Kier alpha value is -0.330. The molecule has 0 rings (SSSR count). The molecule has 0 aromatic carbocycles. The summed E-state index contributed by atoms with van der Waals surface area (Å²) in [4.78, 5) is 11.3. The van der Waals surface area contributed by atoms with Gasteiger partial charge in [0.05, 0.1) is 0 Å². The zero-order chi connectivity index (χ0) is 19.1. The highest BCUT2D eigenvalue weighted by molar-refractivity contribution is 5.53. The summed E-state index contributed by atoms with van der Waals surface area (Å²) in [6, 6.07) is 0. The van der Waals surface area contributed by atoms with Crippen LogP contribution < -0.4 is 0 Å².